The normalized spacial score (nSPS) is 9.85. The average Bonchev–Trinajstić information content (AvgIpc) is 2.74. The summed E-state index contributed by atoms with van der Waals surface area (Å²) >= 11 is 0. The molecule has 2 heterocycles. The van der Waals surface area contributed by atoms with Crippen molar-refractivity contribution < 1.29 is 9.32 Å². The molecule has 7 heteroatoms. The predicted molar refractivity (Wildman–Crippen MR) is 40.8 cm³/mol. The van der Waals surface area contributed by atoms with Crippen LogP contribution >= 0.6 is 0 Å². The number of carbonyl (C=O) groups excluding carboxylic acids is 1. The van der Waals surface area contributed by atoms with Gasteiger partial charge >= 0.3 is 0 Å². The summed E-state index contributed by atoms with van der Waals surface area (Å²) in [7, 11) is 0. The van der Waals surface area contributed by atoms with Gasteiger partial charge in [0.15, 0.2) is 5.69 Å². The van der Waals surface area contributed by atoms with E-state index in [1.807, 2.05) is 0 Å². The molecule has 0 atom stereocenters. The van der Waals surface area contributed by atoms with Crippen LogP contribution < -0.4 is 5.32 Å². The topological polar surface area (TPSA) is 96.7 Å². The highest BCUT2D eigenvalue weighted by Gasteiger charge is 2.09. The Hall–Kier alpha value is -2.18. The van der Waals surface area contributed by atoms with Crippen molar-refractivity contribution in [3.63, 3.8) is 0 Å². The Morgan fingerprint density at radius 2 is 2.54 bits per heavy atom. The SMILES string of the molecule is O=C(Nc1ncn[nH]1)c1ccon1. The van der Waals surface area contributed by atoms with Crippen LogP contribution in [0.4, 0.5) is 5.95 Å². The van der Waals surface area contributed by atoms with Crippen LogP contribution in [0, 0.1) is 0 Å². The van der Waals surface area contributed by atoms with E-state index in [0.717, 1.165) is 0 Å². The van der Waals surface area contributed by atoms with Gasteiger partial charge in [-0.15, -0.1) is 0 Å². The first-order chi connectivity index (χ1) is 6.36. The average molecular weight is 179 g/mol. The highest BCUT2D eigenvalue weighted by Crippen LogP contribution is 1.99. The quantitative estimate of drug-likeness (QED) is 0.678. The Bertz CT molecular complexity index is 379. The van der Waals surface area contributed by atoms with Crippen LogP contribution in [0.2, 0.25) is 0 Å². The van der Waals surface area contributed by atoms with Crippen molar-refractivity contribution >= 4 is 11.9 Å². The molecule has 13 heavy (non-hydrogen) atoms. The molecule has 0 spiro atoms. The fourth-order valence-electron chi connectivity index (χ4n) is 0.767. The molecule has 0 aliphatic carbocycles. The number of carbonyl (C=O) groups is 1. The van der Waals surface area contributed by atoms with Gasteiger partial charge in [-0.25, -0.2) is 5.10 Å². The van der Waals surface area contributed by atoms with E-state index in [1.165, 1.54) is 18.7 Å². The molecular weight excluding hydrogens is 174 g/mol. The minimum Gasteiger partial charge on any atom is -0.364 e. The molecular formula is C6H5N5O2. The van der Waals surface area contributed by atoms with Gasteiger partial charge in [0, 0.05) is 6.07 Å². The minimum atomic E-state index is -0.398. The molecule has 0 saturated carbocycles. The molecule has 7 nitrogen and oxygen atoms in total. The number of nitrogens with one attached hydrogen (secondary N) is 2. The van der Waals surface area contributed by atoms with Gasteiger partial charge < -0.3 is 4.52 Å². The monoisotopic (exact) mass is 179 g/mol. The summed E-state index contributed by atoms with van der Waals surface area (Å²) in [6, 6.07) is 1.45. The van der Waals surface area contributed by atoms with E-state index >= 15 is 0 Å². The highest BCUT2D eigenvalue weighted by molar-refractivity contribution is 6.01. The first kappa shape index (κ1) is 7.47. The lowest BCUT2D eigenvalue weighted by atomic mass is 10.4. The third-order valence-electron chi connectivity index (χ3n) is 1.32. The zero-order valence-electron chi connectivity index (χ0n) is 6.39. The number of hydrogen-bond acceptors (Lipinski definition) is 5. The van der Waals surface area contributed by atoms with Crippen molar-refractivity contribution in [1.82, 2.24) is 20.3 Å². The summed E-state index contributed by atoms with van der Waals surface area (Å²) in [6.45, 7) is 0. The Morgan fingerprint density at radius 1 is 1.62 bits per heavy atom. The lowest BCUT2D eigenvalue weighted by molar-refractivity contribution is 0.101. The van der Waals surface area contributed by atoms with Crippen molar-refractivity contribution in [1.29, 1.82) is 0 Å². The Labute approximate surface area is 72.1 Å². The summed E-state index contributed by atoms with van der Waals surface area (Å²) < 4.78 is 4.50. The maximum Gasteiger partial charge on any atom is 0.280 e. The van der Waals surface area contributed by atoms with Gasteiger partial charge in [0.05, 0.1) is 0 Å². The largest absolute Gasteiger partial charge is 0.364 e. The van der Waals surface area contributed by atoms with E-state index in [1.54, 1.807) is 0 Å². The van der Waals surface area contributed by atoms with Crippen LogP contribution in [0.1, 0.15) is 10.5 Å². The fourth-order valence-corrected chi connectivity index (χ4v) is 0.767. The zero-order valence-corrected chi connectivity index (χ0v) is 6.39. The van der Waals surface area contributed by atoms with Crippen LogP contribution in [0.25, 0.3) is 0 Å². The van der Waals surface area contributed by atoms with Crippen LogP contribution in [0.5, 0.6) is 0 Å². The molecule has 66 valence electrons. The van der Waals surface area contributed by atoms with Gasteiger partial charge in [0.1, 0.15) is 12.6 Å². The molecule has 2 aromatic heterocycles. The Kier molecular flexibility index (Phi) is 1.75. The van der Waals surface area contributed by atoms with Gasteiger partial charge in [-0.2, -0.15) is 10.1 Å². The second kappa shape index (κ2) is 3.05. The van der Waals surface area contributed by atoms with Gasteiger partial charge in [-0.05, 0) is 0 Å². The fraction of sp³-hybridized carbons (Fsp3) is 0. The third-order valence-corrected chi connectivity index (χ3v) is 1.32. The Balaban J connectivity index is 2.08. The van der Waals surface area contributed by atoms with Gasteiger partial charge in [0.25, 0.3) is 5.91 Å². The first-order valence-corrected chi connectivity index (χ1v) is 3.43. The van der Waals surface area contributed by atoms with Crippen molar-refractivity contribution in [2.75, 3.05) is 5.32 Å². The predicted octanol–water partition coefficient (Wildman–Crippen LogP) is 0.0450. The smallest absolute Gasteiger partial charge is 0.280 e. The van der Waals surface area contributed by atoms with Crippen molar-refractivity contribution in [2.24, 2.45) is 0 Å². The van der Waals surface area contributed by atoms with Crippen LogP contribution in [0.3, 0.4) is 0 Å². The molecule has 0 aliphatic rings. The van der Waals surface area contributed by atoms with E-state index in [4.69, 9.17) is 0 Å². The molecule has 0 radical (unpaired) electrons. The number of H-pyrrole nitrogens is 1. The minimum absolute atomic E-state index is 0.191. The first-order valence-electron chi connectivity index (χ1n) is 3.43. The molecule has 0 fully saturated rings. The van der Waals surface area contributed by atoms with Crippen molar-refractivity contribution in [3.05, 3.63) is 24.4 Å². The number of hydrogen-bond donors (Lipinski definition) is 2. The standard InChI is InChI=1S/C6H5N5O2/c12-5(4-1-2-13-11-4)9-6-7-3-8-10-6/h1-3H,(H2,7,8,9,10,12). The number of rotatable bonds is 2. The van der Waals surface area contributed by atoms with E-state index in [2.05, 4.69) is 30.2 Å². The van der Waals surface area contributed by atoms with E-state index in [0.29, 0.717) is 0 Å². The maximum atomic E-state index is 11.3. The second-order valence-electron chi connectivity index (χ2n) is 2.17. The summed E-state index contributed by atoms with van der Waals surface area (Å²) in [5.41, 5.74) is 0.191. The van der Waals surface area contributed by atoms with Crippen molar-refractivity contribution in [2.45, 2.75) is 0 Å². The van der Waals surface area contributed by atoms with Crippen LogP contribution in [-0.2, 0) is 0 Å². The lowest BCUT2D eigenvalue weighted by Crippen LogP contribution is -2.13. The second-order valence-corrected chi connectivity index (χ2v) is 2.17. The summed E-state index contributed by atoms with van der Waals surface area (Å²) in [5, 5.41) is 11.9. The summed E-state index contributed by atoms with van der Waals surface area (Å²) in [6.07, 6.45) is 2.60. The van der Waals surface area contributed by atoms with Crippen LogP contribution in [-0.4, -0.2) is 26.2 Å². The summed E-state index contributed by atoms with van der Waals surface area (Å²) in [4.78, 5) is 15.0. The van der Waals surface area contributed by atoms with E-state index in [9.17, 15) is 4.79 Å². The molecule has 0 unspecified atom stereocenters. The molecule has 0 aromatic carbocycles. The van der Waals surface area contributed by atoms with Crippen molar-refractivity contribution in [3.8, 4) is 0 Å². The number of amides is 1. The highest BCUT2D eigenvalue weighted by atomic mass is 16.5. The Morgan fingerprint density at radius 3 is 3.15 bits per heavy atom. The molecule has 0 bridgehead atoms. The van der Waals surface area contributed by atoms with Gasteiger partial charge in [-0.3, -0.25) is 10.1 Å². The van der Waals surface area contributed by atoms with Crippen LogP contribution in [0.15, 0.2) is 23.2 Å². The molecule has 0 aliphatic heterocycles. The molecule has 1 amide bonds. The van der Waals surface area contributed by atoms with Gasteiger partial charge in [-0.1, -0.05) is 5.16 Å². The number of aromatic nitrogens is 4. The third kappa shape index (κ3) is 1.53. The molecule has 0 saturated heterocycles. The number of anilines is 1. The van der Waals surface area contributed by atoms with Gasteiger partial charge in [0.2, 0.25) is 5.95 Å². The zero-order chi connectivity index (χ0) is 9.10. The lowest BCUT2D eigenvalue weighted by Gasteiger charge is -1.94. The summed E-state index contributed by atoms with van der Waals surface area (Å²) in [5.74, 6) is -0.126. The number of aromatic amines is 1. The maximum absolute atomic E-state index is 11.3. The molecule has 2 aromatic rings. The molecule has 2 rings (SSSR count). The number of nitrogens with zero attached hydrogens (tertiary/aromatic N) is 3. The van der Waals surface area contributed by atoms with E-state index in [-0.39, 0.29) is 11.6 Å². The van der Waals surface area contributed by atoms with E-state index < -0.39 is 5.91 Å². The molecule has 2 N–H and O–H groups in total.